The topological polar surface area (TPSA) is 3.24 Å². The first-order valence-electron chi connectivity index (χ1n) is 31.3. The molecule has 0 fully saturated rings. The summed E-state index contributed by atoms with van der Waals surface area (Å²) in [5.41, 5.74) is 22.5. The predicted molar refractivity (Wildman–Crippen MR) is 385 cm³/mol. The lowest BCUT2D eigenvalue weighted by molar-refractivity contribution is 0.617. The van der Waals surface area contributed by atoms with E-state index in [4.69, 9.17) is 0 Å². The number of hydrogen-bond acceptors (Lipinski definition) is 4. The summed E-state index contributed by atoms with van der Waals surface area (Å²) >= 11 is 5.73. The van der Waals surface area contributed by atoms with Crippen LogP contribution in [0.3, 0.4) is 0 Å². The van der Waals surface area contributed by atoms with Gasteiger partial charge in [-0.25, -0.2) is 0 Å². The number of para-hydroxylation sites is 1. The lowest BCUT2D eigenvalue weighted by Gasteiger charge is -2.36. The van der Waals surface area contributed by atoms with Crippen LogP contribution in [0.1, 0.15) is 65.8 Å². The summed E-state index contributed by atoms with van der Waals surface area (Å²) in [6.45, 7) is 0. The Kier molecular flexibility index (Phi) is 12.5. The van der Waals surface area contributed by atoms with Crippen molar-refractivity contribution in [3.63, 3.8) is 0 Å². The van der Waals surface area contributed by atoms with Gasteiger partial charge in [-0.05, 0) is 183 Å². The minimum atomic E-state index is -0.436. The van der Waals surface area contributed by atoms with Crippen LogP contribution in [0, 0.1) is 0 Å². The Morgan fingerprint density at radius 3 is 1.51 bits per heavy atom. The molecular weight excluding hydrogens is 1130 g/mol. The zero-order valence-electron chi connectivity index (χ0n) is 49.0. The van der Waals surface area contributed by atoms with Gasteiger partial charge in [0.15, 0.2) is 0 Å². The normalized spacial score (nSPS) is 16.3. The third kappa shape index (κ3) is 8.45. The van der Waals surface area contributed by atoms with E-state index in [1.807, 2.05) is 34.0 Å². The number of nitrogens with zero attached hydrogens (tertiary/aromatic N) is 1. The van der Waals surface area contributed by atoms with Crippen molar-refractivity contribution in [1.82, 2.24) is 0 Å². The predicted octanol–water partition coefficient (Wildman–Crippen LogP) is 25.2. The van der Waals surface area contributed by atoms with E-state index >= 15 is 0 Å². The highest BCUT2D eigenvalue weighted by atomic mass is 32.1. The highest BCUT2D eigenvalue weighted by Crippen LogP contribution is 2.58. The summed E-state index contributed by atoms with van der Waals surface area (Å²) in [5, 5.41) is 7.83. The molecule has 12 aromatic carbocycles. The van der Waals surface area contributed by atoms with E-state index in [0.29, 0.717) is 5.92 Å². The van der Waals surface area contributed by atoms with Crippen LogP contribution in [0.2, 0.25) is 0 Å². The van der Waals surface area contributed by atoms with Crippen molar-refractivity contribution >= 4 is 117 Å². The molecule has 0 saturated heterocycles. The summed E-state index contributed by atoms with van der Waals surface area (Å²) in [6, 6.07) is 102. The van der Waals surface area contributed by atoms with Gasteiger partial charge >= 0.3 is 0 Å². The van der Waals surface area contributed by atoms with Gasteiger partial charge in [0, 0.05) is 77.5 Å². The van der Waals surface area contributed by atoms with E-state index in [1.54, 1.807) is 0 Å². The number of anilines is 3. The number of allylic oxidation sites excluding steroid dienone is 6. The average Bonchev–Trinajstić information content (AvgIpc) is 1.83. The molecule has 3 aromatic heterocycles. The van der Waals surface area contributed by atoms with Gasteiger partial charge in [0.05, 0.1) is 11.1 Å². The molecule has 0 saturated carbocycles. The number of fused-ring (bicyclic) bond motifs is 11. The standard InChI is InChI=1S/C85H59NS3/c1-3-20-54(21-4-1)55-40-45-62(46-41-55)86(63-47-43-61(44-48-63)85(60-22-5-2-6-23-60)76-35-12-7-25-68(76)69-26-8-13-36-77(69)85)78-37-14-9-24-64(78)56-42-49-72-75-34-19-31-67(84(75)89-81(72)53-56)59-51-57(65-29-17-32-73-70-27-10-15-38-79(70)87-82(65)73)50-58(52-59)66-30-18-33-74-71-28-11-16-39-80(71)88-83(66)74/h1-3,5-7,9-19,22-25,27-54H,4,8,20-21,26H2. The van der Waals surface area contributed by atoms with Gasteiger partial charge in [-0.2, -0.15) is 0 Å². The summed E-state index contributed by atoms with van der Waals surface area (Å²) < 4.78 is 7.87. The van der Waals surface area contributed by atoms with E-state index < -0.39 is 5.41 Å². The Morgan fingerprint density at radius 1 is 0.360 bits per heavy atom. The van der Waals surface area contributed by atoms with Gasteiger partial charge in [0.25, 0.3) is 0 Å². The number of benzene rings is 12. The van der Waals surface area contributed by atoms with Crippen molar-refractivity contribution in [2.24, 2.45) is 0 Å². The van der Waals surface area contributed by atoms with E-state index in [0.717, 1.165) is 42.7 Å². The molecule has 2 unspecified atom stereocenters. The molecule has 18 rings (SSSR count). The molecule has 2 atom stereocenters. The summed E-state index contributed by atoms with van der Waals surface area (Å²) in [4.78, 5) is 2.50. The fraction of sp³-hybridized carbons (Fsp3) is 0.0824. The first-order chi connectivity index (χ1) is 44.1. The van der Waals surface area contributed by atoms with E-state index in [2.05, 4.69) is 296 Å². The Labute approximate surface area is 530 Å². The van der Waals surface area contributed by atoms with Crippen molar-refractivity contribution in [3.8, 4) is 44.5 Å². The first kappa shape index (κ1) is 52.4. The van der Waals surface area contributed by atoms with Crippen LogP contribution in [-0.2, 0) is 5.41 Å². The molecule has 0 bridgehead atoms. The molecule has 1 nitrogen and oxygen atoms in total. The molecule has 15 aromatic rings. The van der Waals surface area contributed by atoms with Crippen molar-refractivity contribution < 1.29 is 0 Å². The number of hydrogen-bond donors (Lipinski definition) is 0. The van der Waals surface area contributed by atoms with Crippen molar-refractivity contribution in [2.75, 3.05) is 4.90 Å². The Balaban J connectivity index is 0.781. The molecule has 0 N–H and O–H groups in total. The quantitative estimate of drug-likeness (QED) is 0.123. The molecule has 0 amide bonds. The van der Waals surface area contributed by atoms with Crippen LogP contribution in [0.5, 0.6) is 0 Å². The molecule has 0 aliphatic heterocycles. The van der Waals surface area contributed by atoms with Crippen LogP contribution in [0.25, 0.3) is 111 Å². The third-order valence-electron chi connectivity index (χ3n) is 19.5. The van der Waals surface area contributed by atoms with Crippen LogP contribution >= 0.6 is 34.0 Å². The van der Waals surface area contributed by atoms with Gasteiger partial charge in [0.1, 0.15) is 0 Å². The van der Waals surface area contributed by atoms with Crippen LogP contribution in [-0.4, -0.2) is 0 Å². The van der Waals surface area contributed by atoms with Gasteiger partial charge in [0.2, 0.25) is 0 Å². The third-order valence-corrected chi connectivity index (χ3v) is 23.2. The van der Waals surface area contributed by atoms with Crippen molar-refractivity contribution in [3.05, 3.63) is 325 Å². The molecule has 3 aliphatic rings. The molecule has 422 valence electrons. The minimum absolute atomic E-state index is 0.436. The van der Waals surface area contributed by atoms with Crippen molar-refractivity contribution in [2.45, 2.75) is 43.4 Å². The second kappa shape index (κ2) is 21.3. The zero-order valence-corrected chi connectivity index (χ0v) is 51.4. The fourth-order valence-electron chi connectivity index (χ4n) is 15.4. The van der Waals surface area contributed by atoms with Gasteiger partial charge < -0.3 is 4.90 Å². The second-order valence-corrected chi connectivity index (χ2v) is 27.5. The van der Waals surface area contributed by atoms with E-state index in [-0.39, 0.29) is 0 Å². The van der Waals surface area contributed by atoms with E-state index in [1.165, 1.54) is 150 Å². The lowest BCUT2D eigenvalue weighted by Crippen LogP contribution is -2.29. The maximum Gasteiger partial charge on any atom is 0.0710 e. The highest BCUT2D eigenvalue weighted by Gasteiger charge is 2.47. The Morgan fingerprint density at radius 2 is 0.876 bits per heavy atom. The molecule has 0 spiro atoms. The maximum atomic E-state index is 2.50. The first-order valence-corrected chi connectivity index (χ1v) is 33.8. The lowest BCUT2D eigenvalue weighted by atomic mass is 9.66. The van der Waals surface area contributed by atoms with E-state index in [9.17, 15) is 0 Å². The summed E-state index contributed by atoms with van der Waals surface area (Å²) in [7, 11) is 0. The monoisotopic (exact) mass is 1190 g/mol. The number of thiophene rings is 3. The molecular formula is C85H59NS3. The molecule has 3 aliphatic carbocycles. The van der Waals surface area contributed by atoms with Crippen LogP contribution in [0.15, 0.2) is 297 Å². The van der Waals surface area contributed by atoms with Crippen molar-refractivity contribution in [1.29, 1.82) is 0 Å². The van der Waals surface area contributed by atoms with Gasteiger partial charge in [-0.3, -0.25) is 0 Å². The molecule has 4 heteroatoms. The smallest absolute Gasteiger partial charge is 0.0710 e. The highest BCUT2D eigenvalue weighted by molar-refractivity contribution is 7.27. The van der Waals surface area contributed by atoms with Gasteiger partial charge in [-0.1, -0.05) is 224 Å². The van der Waals surface area contributed by atoms with Gasteiger partial charge in [-0.15, -0.1) is 34.0 Å². The van der Waals surface area contributed by atoms with Crippen LogP contribution < -0.4 is 4.90 Å². The molecule has 0 radical (unpaired) electrons. The largest absolute Gasteiger partial charge is 0.310 e. The molecule has 89 heavy (non-hydrogen) atoms. The number of rotatable bonds is 10. The average molecular weight is 1190 g/mol. The minimum Gasteiger partial charge on any atom is -0.310 e. The maximum absolute atomic E-state index is 2.50. The summed E-state index contributed by atoms with van der Waals surface area (Å²) in [5.74, 6) is 0.536. The Bertz CT molecular complexity index is 5290. The summed E-state index contributed by atoms with van der Waals surface area (Å²) in [6.07, 6.45) is 15.0. The Hall–Kier alpha value is -9.68. The molecule has 3 heterocycles. The zero-order chi connectivity index (χ0) is 58.6. The SMILES string of the molecule is C1=CC2=C(CC1)c1ccccc1C2(c1ccccc1)c1ccc(N(c2ccc(C3CC=CCC3)cc2)c2ccccc2-c2ccc3c(c2)sc2c(-c4cc(-c5cccc6c5sc5ccccc56)cc(-c5cccc6c5sc5ccccc56)c4)cccc23)cc1. The fourth-order valence-corrected chi connectivity index (χ4v) is 19.2. The second-order valence-electron chi connectivity index (χ2n) is 24.3. The van der Waals surface area contributed by atoms with Crippen LogP contribution in [0.4, 0.5) is 17.1 Å².